The number of hydrogen-bond acceptors (Lipinski definition) is 4. The van der Waals surface area contributed by atoms with Crippen LogP contribution in [0.25, 0.3) is 0 Å². The second-order valence-corrected chi connectivity index (χ2v) is 6.09. The molecule has 0 spiro atoms. The molecule has 1 unspecified atom stereocenters. The van der Waals surface area contributed by atoms with Crippen LogP contribution in [0.3, 0.4) is 0 Å². The Hall–Kier alpha value is -2.26. The van der Waals surface area contributed by atoms with E-state index in [0.717, 1.165) is 5.56 Å². The first-order valence-corrected chi connectivity index (χ1v) is 7.85. The second kappa shape index (κ2) is 6.67. The Balaban J connectivity index is 2.57. The molecule has 5 nitrogen and oxygen atoms in total. The molecule has 0 saturated carbocycles. The zero-order valence-corrected chi connectivity index (χ0v) is 13.5. The minimum atomic E-state index is -0.480. The Morgan fingerprint density at radius 2 is 2.05 bits per heavy atom. The summed E-state index contributed by atoms with van der Waals surface area (Å²) in [4.78, 5) is 26.0. The molecule has 22 heavy (non-hydrogen) atoms. The number of carbonyl (C=O) groups is 2. The van der Waals surface area contributed by atoms with Crippen LogP contribution in [0.1, 0.15) is 18.9 Å². The molecule has 0 aliphatic carbocycles. The van der Waals surface area contributed by atoms with Gasteiger partial charge in [0.25, 0.3) is 5.91 Å². The number of rotatable bonds is 3. The van der Waals surface area contributed by atoms with E-state index in [9.17, 15) is 14.9 Å². The van der Waals surface area contributed by atoms with Gasteiger partial charge in [-0.05, 0) is 25.5 Å². The van der Waals surface area contributed by atoms with Gasteiger partial charge < -0.3 is 5.32 Å². The maximum Gasteiger partial charge on any atom is 0.264 e. The molecule has 1 atom stereocenters. The van der Waals surface area contributed by atoms with E-state index in [-0.39, 0.29) is 16.7 Å². The van der Waals surface area contributed by atoms with Crippen molar-refractivity contribution in [1.82, 2.24) is 5.32 Å². The molecule has 1 aliphatic heterocycles. The lowest BCUT2D eigenvalue weighted by Crippen LogP contribution is -2.30. The lowest BCUT2D eigenvalue weighted by Gasteiger charge is -2.18. The van der Waals surface area contributed by atoms with Crippen molar-refractivity contribution in [3.63, 3.8) is 0 Å². The second-order valence-electron chi connectivity index (χ2n) is 4.90. The minimum absolute atomic E-state index is 0.0302. The zero-order chi connectivity index (χ0) is 16.3. The van der Waals surface area contributed by atoms with E-state index in [1.807, 2.05) is 44.2 Å². The van der Waals surface area contributed by atoms with Gasteiger partial charge in [-0.15, -0.1) is 0 Å². The van der Waals surface area contributed by atoms with Crippen LogP contribution in [-0.2, 0) is 9.59 Å². The summed E-state index contributed by atoms with van der Waals surface area (Å²) in [5.41, 5.74) is 1.72. The summed E-state index contributed by atoms with van der Waals surface area (Å²) in [6.07, 6.45) is 0.641. The fraction of sp³-hybridized carbons (Fsp3) is 0.312. The third-order valence-corrected chi connectivity index (χ3v) is 4.83. The molecule has 0 bridgehead atoms. The molecule has 1 aromatic carbocycles. The number of benzene rings is 1. The Kier molecular flexibility index (Phi) is 4.88. The third-order valence-electron chi connectivity index (χ3n) is 3.40. The molecule has 0 aromatic heterocycles. The Labute approximate surface area is 134 Å². The van der Waals surface area contributed by atoms with Gasteiger partial charge in [-0.2, -0.15) is 5.26 Å². The topological polar surface area (TPSA) is 73.2 Å². The molecule has 1 fully saturated rings. The van der Waals surface area contributed by atoms with Crippen molar-refractivity contribution < 1.29 is 9.59 Å². The standard InChI is InChI=1S/C16H17N3O2S/c1-4-13-15(21)19(11-7-5-10(2)6-8-11)16(22-13)12(9-17)14(20)18-3/h5-8,13H,4H2,1-3H3,(H,18,20)/b16-12-. The quantitative estimate of drug-likeness (QED) is 0.686. The first kappa shape index (κ1) is 16.1. The molecule has 1 N–H and O–H groups in total. The van der Waals surface area contributed by atoms with Crippen LogP contribution < -0.4 is 10.2 Å². The summed E-state index contributed by atoms with van der Waals surface area (Å²) < 4.78 is 0. The number of anilines is 1. The minimum Gasteiger partial charge on any atom is -0.354 e. The molecule has 0 radical (unpaired) electrons. The van der Waals surface area contributed by atoms with Crippen molar-refractivity contribution in [3.05, 3.63) is 40.4 Å². The Morgan fingerprint density at radius 3 is 2.55 bits per heavy atom. The van der Waals surface area contributed by atoms with Crippen molar-refractivity contribution in [2.45, 2.75) is 25.5 Å². The summed E-state index contributed by atoms with van der Waals surface area (Å²) in [7, 11) is 1.47. The van der Waals surface area contributed by atoms with Crippen molar-refractivity contribution in [2.75, 3.05) is 11.9 Å². The van der Waals surface area contributed by atoms with Crippen LogP contribution in [0.2, 0.25) is 0 Å². The number of thioether (sulfide) groups is 1. The fourth-order valence-electron chi connectivity index (χ4n) is 2.17. The van der Waals surface area contributed by atoms with E-state index in [4.69, 9.17) is 0 Å². The van der Waals surface area contributed by atoms with E-state index in [0.29, 0.717) is 17.1 Å². The van der Waals surface area contributed by atoms with Crippen LogP contribution in [0, 0.1) is 18.3 Å². The van der Waals surface area contributed by atoms with Gasteiger partial charge in [0.05, 0.1) is 5.25 Å². The molecule has 6 heteroatoms. The third kappa shape index (κ3) is 2.85. The van der Waals surface area contributed by atoms with Crippen LogP contribution in [0.5, 0.6) is 0 Å². The Bertz CT molecular complexity index is 674. The summed E-state index contributed by atoms with van der Waals surface area (Å²) in [6.45, 7) is 3.87. The van der Waals surface area contributed by atoms with Gasteiger partial charge in [-0.25, -0.2) is 0 Å². The number of nitrogens with zero attached hydrogens (tertiary/aromatic N) is 2. The molecule has 1 aromatic rings. The molecular formula is C16H17N3O2S. The number of hydrogen-bond donors (Lipinski definition) is 1. The highest BCUT2D eigenvalue weighted by molar-refractivity contribution is 8.05. The van der Waals surface area contributed by atoms with Crippen molar-refractivity contribution in [2.24, 2.45) is 0 Å². The molecule has 2 amide bonds. The predicted octanol–water partition coefficient (Wildman–Crippen LogP) is 2.33. The number of nitrogens with one attached hydrogen (secondary N) is 1. The lowest BCUT2D eigenvalue weighted by molar-refractivity contribution is -0.117. The number of aryl methyl sites for hydroxylation is 1. The van der Waals surface area contributed by atoms with Gasteiger partial charge in [0.1, 0.15) is 16.7 Å². The molecule has 1 heterocycles. The summed E-state index contributed by atoms with van der Waals surface area (Å²) >= 11 is 1.27. The van der Waals surface area contributed by atoms with Gasteiger partial charge in [-0.1, -0.05) is 36.4 Å². The van der Waals surface area contributed by atoms with Crippen LogP contribution in [0.4, 0.5) is 5.69 Å². The number of nitriles is 1. The molecular weight excluding hydrogens is 298 g/mol. The zero-order valence-electron chi connectivity index (χ0n) is 12.7. The number of likely N-dealkylation sites (N-methyl/N-ethyl adjacent to an activating group) is 1. The van der Waals surface area contributed by atoms with Gasteiger partial charge in [0.2, 0.25) is 5.91 Å². The predicted molar refractivity (Wildman–Crippen MR) is 87.0 cm³/mol. The van der Waals surface area contributed by atoms with E-state index in [1.165, 1.54) is 23.7 Å². The van der Waals surface area contributed by atoms with Crippen LogP contribution in [-0.4, -0.2) is 24.1 Å². The maximum absolute atomic E-state index is 12.6. The van der Waals surface area contributed by atoms with Gasteiger partial charge in [-0.3, -0.25) is 14.5 Å². The maximum atomic E-state index is 12.6. The normalized spacial score (nSPS) is 19.8. The first-order chi connectivity index (χ1) is 10.5. The average molecular weight is 315 g/mol. The number of amides is 2. The smallest absolute Gasteiger partial charge is 0.264 e. The molecule has 114 valence electrons. The van der Waals surface area contributed by atoms with Gasteiger partial charge in [0.15, 0.2) is 0 Å². The highest BCUT2D eigenvalue weighted by Crippen LogP contribution is 2.41. The highest BCUT2D eigenvalue weighted by Gasteiger charge is 2.39. The Morgan fingerprint density at radius 1 is 1.41 bits per heavy atom. The SMILES string of the molecule is CCC1S/C(=C(/C#N)C(=O)NC)N(c2ccc(C)cc2)C1=O. The fourth-order valence-corrected chi connectivity index (χ4v) is 3.37. The monoisotopic (exact) mass is 315 g/mol. The van der Waals surface area contributed by atoms with E-state index >= 15 is 0 Å². The van der Waals surface area contributed by atoms with E-state index in [1.54, 1.807) is 0 Å². The largest absolute Gasteiger partial charge is 0.354 e. The van der Waals surface area contributed by atoms with Gasteiger partial charge in [0, 0.05) is 12.7 Å². The van der Waals surface area contributed by atoms with Gasteiger partial charge >= 0.3 is 0 Å². The van der Waals surface area contributed by atoms with Crippen molar-refractivity contribution in [3.8, 4) is 6.07 Å². The summed E-state index contributed by atoms with van der Waals surface area (Å²) in [5.74, 6) is -0.574. The summed E-state index contributed by atoms with van der Waals surface area (Å²) in [6, 6.07) is 9.37. The lowest BCUT2D eigenvalue weighted by atomic mass is 10.2. The molecule has 1 aliphatic rings. The first-order valence-electron chi connectivity index (χ1n) is 6.97. The highest BCUT2D eigenvalue weighted by atomic mass is 32.2. The summed E-state index contributed by atoms with van der Waals surface area (Å²) in [5, 5.41) is 11.9. The van der Waals surface area contributed by atoms with Crippen molar-refractivity contribution in [1.29, 1.82) is 5.26 Å². The molecule has 2 rings (SSSR count). The number of carbonyl (C=O) groups excluding carboxylic acids is 2. The van der Waals surface area contributed by atoms with Crippen LogP contribution >= 0.6 is 11.8 Å². The average Bonchev–Trinajstić information content (AvgIpc) is 2.85. The molecule has 1 saturated heterocycles. The van der Waals surface area contributed by atoms with E-state index < -0.39 is 5.91 Å². The van der Waals surface area contributed by atoms with Crippen LogP contribution in [0.15, 0.2) is 34.9 Å². The van der Waals surface area contributed by atoms with Crippen molar-refractivity contribution >= 4 is 29.3 Å². The van der Waals surface area contributed by atoms with E-state index in [2.05, 4.69) is 5.32 Å².